The summed E-state index contributed by atoms with van der Waals surface area (Å²) in [6.45, 7) is 1.77. The number of ether oxygens (including phenoxy) is 3. The van der Waals surface area contributed by atoms with Gasteiger partial charge in [-0.25, -0.2) is 4.39 Å². The summed E-state index contributed by atoms with van der Waals surface area (Å²) in [7, 11) is 3.09. The van der Waals surface area contributed by atoms with Crippen molar-refractivity contribution in [2.24, 2.45) is 0 Å². The average Bonchev–Trinajstić information content (AvgIpc) is 3.25. The van der Waals surface area contributed by atoms with E-state index in [0.29, 0.717) is 29.3 Å². The van der Waals surface area contributed by atoms with E-state index in [2.05, 4.69) is 15.5 Å². The van der Waals surface area contributed by atoms with Crippen LogP contribution < -0.4 is 19.5 Å². The molecule has 0 aliphatic heterocycles. The Morgan fingerprint density at radius 1 is 1.17 bits per heavy atom. The minimum absolute atomic E-state index is 0.00142. The van der Waals surface area contributed by atoms with Gasteiger partial charge in [-0.05, 0) is 30.7 Å². The first-order valence-electron chi connectivity index (χ1n) is 9.29. The van der Waals surface area contributed by atoms with Crippen LogP contribution in [0.2, 0.25) is 0 Å². The van der Waals surface area contributed by atoms with Gasteiger partial charge >= 0.3 is 0 Å². The van der Waals surface area contributed by atoms with Crippen molar-refractivity contribution in [1.29, 1.82) is 0 Å². The van der Waals surface area contributed by atoms with Gasteiger partial charge in [-0.1, -0.05) is 24.2 Å². The highest BCUT2D eigenvalue weighted by Gasteiger charge is 2.21. The Balaban J connectivity index is 1.65. The molecule has 1 N–H and O–H groups in total. The van der Waals surface area contributed by atoms with E-state index in [1.54, 1.807) is 44.4 Å². The number of carbonyl (C=O) groups is 1. The van der Waals surface area contributed by atoms with Gasteiger partial charge in [0.25, 0.3) is 5.91 Å². The van der Waals surface area contributed by atoms with Crippen LogP contribution >= 0.6 is 0 Å². The second-order valence-electron chi connectivity index (χ2n) is 6.24. The fourth-order valence-electron chi connectivity index (χ4n) is 2.71. The van der Waals surface area contributed by atoms with Gasteiger partial charge in [-0.2, -0.15) is 4.98 Å². The molecule has 8 nitrogen and oxygen atoms in total. The van der Waals surface area contributed by atoms with Gasteiger partial charge in [-0.3, -0.25) is 4.79 Å². The molecule has 158 valence electrons. The van der Waals surface area contributed by atoms with Crippen molar-refractivity contribution in [2.75, 3.05) is 14.2 Å². The van der Waals surface area contributed by atoms with Crippen LogP contribution in [-0.2, 0) is 11.3 Å². The highest BCUT2D eigenvalue weighted by atomic mass is 19.1. The third-order valence-electron chi connectivity index (χ3n) is 4.30. The van der Waals surface area contributed by atoms with Crippen LogP contribution in [0.1, 0.15) is 19.2 Å². The molecule has 1 unspecified atom stereocenters. The number of nitrogens with one attached hydrogen (secondary N) is 1. The first-order chi connectivity index (χ1) is 14.5. The SMILES string of the molecule is CCC(Oc1ccccc1F)C(=O)NCc1nc(-c2ccc(OC)cc2OC)no1. The Morgan fingerprint density at radius 3 is 2.67 bits per heavy atom. The van der Waals surface area contributed by atoms with Crippen LogP contribution in [0.25, 0.3) is 11.4 Å². The largest absolute Gasteiger partial charge is 0.497 e. The fraction of sp³-hybridized carbons (Fsp3) is 0.286. The number of methoxy groups -OCH3 is 2. The molecule has 0 saturated heterocycles. The normalized spacial score (nSPS) is 11.6. The molecule has 9 heteroatoms. The minimum atomic E-state index is -0.856. The van der Waals surface area contributed by atoms with Gasteiger partial charge in [0, 0.05) is 6.07 Å². The van der Waals surface area contributed by atoms with Crippen LogP contribution in [0.15, 0.2) is 47.0 Å². The van der Waals surface area contributed by atoms with Gasteiger partial charge in [0.15, 0.2) is 17.7 Å². The van der Waals surface area contributed by atoms with Crippen molar-refractivity contribution in [3.63, 3.8) is 0 Å². The summed E-state index contributed by atoms with van der Waals surface area (Å²) in [4.78, 5) is 16.7. The van der Waals surface area contributed by atoms with Crippen molar-refractivity contribution in [3.8, 4) is 28.6 Å². The zero-order valence-corrected chi connectivity index (χ0v) is 16.8. The number of benzene rings is 2. The second kappa shape index (κ2) is 9.73. The topological polar surface area (TPSA) is 95.7 Å². The fourth-order valence-corrected chi connectivity index (χ4v) is 2.71. The quantitative estimate of drug-likeness (QED) is 0.572. The number of nitrogens with zero attached hydrogens (tertiary/aromatic N) is 2. The Kier molecular flexibility index (Phi) is 6.84. The van der Waals surface area contributed by atoms with Gasteiger partial charge in [-0.15, -0.1) is 0 Å². The molecule has 3 rings (SSSR count). The maximum Gasteiger partial charge on any atom is 0.261 e. The van der Waals surface area contributed by atoms with Gasteiger partial charge in [0.1, 0.15) is 11.5 Å². The van der Waals surface area contributed by atoms with E-state index >= 15 is 0 Å². The number of aromatic nitrogens is 2. The molecular weight excluding hydrogens is 393 g/mol. The number of carbonyl (C=O) groups excluding carboxylic acids is 1. The monoisotopic (exact) mass is 415 g/mol. The summed E-state index contributed by atoms with van der Waals surface area (Å²) in [5.74, 6) is 0.750. The van der Waals surface area contributed by atoms with E-state index in [1.807, 2.05) is 0 Å². The lowest BCUT2D eigenvalue weighted by atomic mass is 10.2. The van der Waals surface area contributed by atoms with Crippen molar-refractivity contribution in [1.82, 2.24) is 15.5 Å². The Bertz CT molecular complexity index is 1010. The number of hydrogen-bond donors (Lipinski definition) is 1. The van der Waals surface area contributed by atoms with E-state index < -0.39 is 17.8 Å². The molecule has 1 heterocycles. The molecule has 0 aliphatic rings. The zero-order chi connectivity index (χ0) is 21.5. The number of halogens is 1. The summed E-state index contributed by atoms with van der Waals surface area (Å²) in [5.41, 5.74) is 0.619. The van der Waals surface area contributed by atoms with Crippen LogP contribution in [0.3, 0.4) is 0 Å². The van der Waals surface area contributed by atoms with Crippen LogP contribution in [0, 0.1) is 5.82 Å². The molecule has 30 heavy (non-hydrogen) atoms. The summed E-state index contributed by atoms with van der Waals surface area (Å²) < 4.78 is 35.0. The number of rotatable bonds is 9. The Labute approximate surface area is 173 Å². The molecule has 0 bridgehead atoms. The second-order valence-corrected chi connectivity index (χ2v) is 6.24. The first kappa shape index (κ1) is 21.1. The van der Waals surface area contributed by atoms with Crippen LogP contribution in [-0.4, -0.2) is 36.4 Å². The smallest absolute Gasteiger partial charge is 0.261 e. The maximum absolute atomic E-state index is 13.8. The Hall–Kier alpha value is -3.62. The predicted octanol–water partition coefficient (Wildman–Crippen LogP) is 3.37. The highest BCUT2D eigenvalue weighted by molar-refractivity contribution is 5.81. The van der Waals surface area contributed by atoms with Gasteiger partial charge < -0.3 is 24.1 Å². The number of hydrogen-bond acceptors (Lipinski definition) is 7. The summed E-state index contributed by atoms with van der Waals surface area (Å²) >= 11 is 0. The molecule has 3 aromatic rings. The molecule has 0 fully saturated rings. The van der Waals surface area contributed by atoms with E-state index in [1.165, 1.54) is 19.2 Å². The molecule has 0 spiro atoms. The summed E-state index contributed by atoms with van der Waals surface area (Å²) in [6, 6.07) is 11.1. The first-order valence-corrected chi connectivity index (χ1v) is 9.29. The minimum Gasteiger partial charge on any atom is -0.497 e. The van der Waals surface area contributed by atoms with Gasteiger partial charge in [0.2, 0.25) is 11.7 Å². The van der Waals surface area contributed by atoms with Crippen LogP contribution in [0.5, 0.6) is 17.2 Å². The highest BCUT2D eigenvalue weighted by Crippen LogP contribution is 2.31. The average molecular weight is 415 g/mol. The Morgan fingerprint density at radius 2 is 1.97 bits per heavy atom. The molecule has 1 atom stereocenters. The van der Waals surface area contributed by atoms with Gasteiger partial charge in [0.05, 0.1) is 26.3 Å². The van der Waals surface area contributed by atoms with Crippen molar-refractivity contribution in [3.05, 3.63) is 54.2 Å². The molecule has 0 radical (unpaired) electrons. The number of amides is 1. The molecule has 0 saturated carbocycles. The molecule has 0 aliphatic carbocycles. The lowest BCUT2D eigenvalue weighted by Crippen LogP contribution is -2.37. The molecule has 2 aromatic carbocycles. The molecule has 1 amide bonds. The number of para-hydroxylation sites is 1. The third kappa shape index (κ3) is 4.86. The van der Waals surface area contributed by atoms with E-state index in [-0.39, 0.29) is 18.2 Å². The van der Waals surface area contributed by atoms with E-state index in [4.69, 9.17) is 18.7 Å². The summed E-state index contributed by atoms with van der Waals surface area (Å²) in [6.07, 6.45) is -0.496. The maximum atomic E-state index is 13.8. The summed E-state index contributed by atoms with van der Waals surface area (Å²) in [5, 5.41) is 6.60. The van der Waals surface area contributed by atoms with E-state index in [0.717, 1.165) is 0 Å². The van der Waals surface area contributed by atoms with Crippen molar-refractivity contribution in [2.45, 2.75) is 26.0 Å². The zero-order valence-electron chi connectivity index (χ0n) is 16.8. The third-order valence-corrected chi connectivity index (χ3v) is 4.30. The predicted molar refractivity (Wildman–Crippen MR) is 106 cm³/mol. The van der Waals surface area contributed by atoms with Crippen molar-refractivity contribution >= 4 is 5.91 Å². The van der Waals surface area contributed by atoms with Crippen molar-refractivity contribution < 1.29 is 27.9 Å². The molecule has 1 aromatic heterocycles. The lowest BCUT2D eigenvalue weighted by Gasteiger charge is -2.17. The lowest BCUT2D eigenvalue weighted by molar-refractivity contribution is -0.128. The standard InChI is InChI=1S/C21H22FN3O5/c1-4-16(29-17-8-6-5-7-15(17)22)21(26)23-12-19-24-20(25-30-19)14-10-9-13(27-2)11-18(14)28-3/h5-11,16H,4,12H2,1-3H3,(H,23,26). The molecular formula is C21H22FN3O5. The van der Waals surface area contributed by atoms with E-state index in [9.17, 15) is 9.18 Å². The van der Waals surface area contributed by atoms with Crippen LogP contribution in [0.4, 0.5) is 4.39 Å².